The van der Waals surface area contributed by atoms with Crippen molar-refractivity contribution in [1.82, 2.24) is 9.80 Å². The van der Waals surface area contributed by atoms with E-state index in [1.807, 2.05) is 11.3 Å². The third-order valence-electron chi connectivity index (χ3n) is 5.19. The van der Waals surface area contributed by atoms with Crippen molar-refractivity contribution in [3.8, 4) is 0 Å². The number of methoxy groups -OCH3 is 1. The lowest BCUT2D eigenvalue weighted by Crippen LogP contribution is -2.55. The Hall–Kier alpha value is -0.950. The van der Waals surface area contributed by atoms with Crippen LogP contribution in [0.3, 0.4) is 0 Å². The van der Waals surface area contributed by atoms with Gasteiger partial charge in [-0.05, 0) is 51.3 Å². The van der Waals surface area contributed by atoms with Gasteiger partial charge in [0, 0.05) is 55.3 Å². The first kappa shape index (κ1) is 18.8. The highest BCUT2D eigenvalue weighted by atomic mass is 32.1. The van der Waals surface area contributed by atoms with Gasteiger partial charge in [0.05, 0.1) is 0 Å². The van der Waals surface area contributed by atoms with Gasteiger partial charge in [-0.1, -0.05) is 0 Å². The van der Waals surface area contributed by atoms with Gasteiger partial charge in [-0.3, -0.25) is 9.69 Å². The number of amides is 1. The van der Waals surface area contributed by atoms with E-state index in [1.165, 1.54) is 9.75 Å². The van der Waals surface area contributed by atoms with Gasteiger partial charge < -0.3 is 14.4 Å². The lowest BCUT2D eigenvalue weighted by Gasteiger charge is -2.44. The predicted octanol–water partition coefficient (Wildman–Crippen LogP) is 2.67. The summed E-state index contributed by atoms with van der Waals surface area (Å²) in [5.74, 6) is 0.133. The first-order valence-corrected chi connectivity index (χ1v) is 10.1. The summed E-state index contributed by atoms with van der Waals surface area (Å²) in [7, 11) is 1.60. The number of nitrogens with zero attached hydrogens (tertiary/aromatic N) is 2. The molecule has 140 valence electrons. The molecule has 2 fully saturated rings. The molecule has 3 heterocycles. The molecular weight excluding hydrogens is 336 g/mol. The summed E-state index contributed by atoms with van der Waals surface area (Å²) in [5, 5.41) is 0. The van der Waals surface area contributed by atoms with E-state index in [9.17, 15) is 4.79 Å². The van der Waals surface area contributed by atoms with E-state index in [1.54, 1.807) is 7.11 Å². The standard InChI is InChI=1S/C19H30N2O3S/c1-15-5-6-18(25-15)13-20-9-3-4-17(12-20)21(19(22)14-23-2)16-7-10-24-11-8-16/h5-6,16-17H,3-4,7-14H2,1-2H3. The fourth-order valence-electron chi connectivity index (χ4n) is 4.06. The summed E-state index contributed by atoms with van der Waals surface area (Å²) in [6.45, 7) is 6.92. The van der Waals surface area contributed by atoms with Crippen molar-refractivity contribution in [2.45, 2.75) is 51.2 Å². The van der Waals surface area contributed by atoms with E-state index < -0.39 is 0 Å². The minimum atomic E-state index is 0.133. The molecule has 2 aliphatic rings. The second kappa shape index (κ2) is 9.12. The Morgan fingerprint density at radius 1 is 1.32 bits per heavy atom. The average molecular weight is 367 g/mol. The van der Waals surface area contributed by atoms with Gasteiger partial charge in [-0.2, -0.15) is 0 Å². The molecule has 1 amide bonds. The largest absolute Gasteiger partial charge is 0.381 e. The monoisotopic (exact) mass is 366 g/mol. The highest BCUT2D eigenvalue weighted by molar-refractivity contribution is 7.11. The van der Waals surface area contributed by atoms with E-state index in [0.29, 0.717) is 12.1 Å². The molecule has 0 bridgehead atoms. The number of hydrogen-bond donors (Lipinski definition) is 0. The number of thiophene rings is 1. The quantitative estimate of drug-likeness (QED) is 0.776. The van der Waals surface area contributed by atoms with E-state index in [0.717, 1.165) is 58.5 Å². The maximum atomic E-state index is 12.8. The second-order valence-corrected chi connectivity index (χ2v) is 8.49. The molecule has 0 aliphatic carbocycles. The van der Waals surface area contributed by atoms with E-state index in [4.69, 9.17) is 9.47 Å². The molecule has 0 N–H and O–H groups in total. The number of carbonyl (C=O) groups is 1. The van der Waals surface area contributed by atoms with Crippen LogP contribution in [0.1, 0.15) is 35.4 Å². The van der Waals surface area contributed by atoms with Gasteiger partial charge >= 0.3 is 0 Å². The van der Waals surface area contributed by atoms with Crippen molar-refractivity contribution in [2.24, 2.45) is 0 Å². The lowest BCUT2D eigenvalue weighted by molar-refractivity contribution is -0.144. The van der Waals surface area contributed by atoms with Crippen molar-refractivity contribution in [2.75, 3.05) is 40.0 Å². The molecule has 6 heteroatoms. The zero-order valence-corrected chi connectivity index (χ0v) is 16.2. The molecule has 0 aromatic carbocycles. The van der Waals surface area contributed by atoms with Crippen LogP contribution in [0.25, 0.3) is 0 Å². The third kappa shape index (κ3) is 5.03. The maximum absolute atomic E-state index is 12.8. The highest BCUT2D eigenvalue weighted by Crippen LogP contribution is 2.25. The molecule has 5 nitrogen and oxygen atoms in total. The summed E-state index contributed by atoms with van der Waals surface area (Å²) in [5.41, 5.74) is 0. The van der Waals surface area contributed by atoms with Crippen molar-refractivity contribution < 1.29 is 14.3 Å². The fraction of sp³-hybridized carbons (Fsp3) is 0.737. The Morgan fingerprint density at radius 2 is 2.12 bits per heavy atom. The summed E-state index contributed by atoms with van der Waals surface area (Å²) in [4.78, 5) is 20.2. The Balaban J connectivity index is 1.67. The zero-order chi connectivity index (χ0) is 17.6. The smallest absolute Gasteiger partial charge is 0.249 e. The highest BCUT2D eigenvalue weighted by Gasteiger charge is 2.34. The van der Waals surface area contributed by atoms with Gasteiger partial charge in [-0.25, -0.2) is 0 Å². The van der Waals surface area contributed by atoms with Crippen LogP contribution in [-0.2, 0) is 20.8 Å². The molecule has 1 atom stereocenters. The number of likely N-dealkylation sites (tertiary alicyclic amines) is 1. The minimum Gasteiger partial charge on any atom is -0.381 e. The summed E-state index contributed by atoms with van der Waals surface area (Å²) < 4.78 is 10.7. The molecule has 0 radical (unpaired) electrons. The van der Waals surface area contributed by atoms with Crippen LogP contribution in [0.5, 0.6) is 0 Å². The SMILES string of the molecule is COCC(=O)N(C1CCOCC1)C1CCCN(Cc2ccc(C)s2)C1. The van der Waals surface area contributed by atoms with Gasteiger partial charge in [0.15, 0.2) is 0 Å². The number of piperidine rings is 1. The van der Waals surface area contributed by atoms with Crippen LogP contribution < -0.4 is 0 Å². The van der Waals surface area contributed by atoms with Crippen molar-refractivity contribution >= 4 is 17.2 Å². The molecule has 1 aromatic rings. The van der Waals surface area contributed by atoms with Crippen LogP contribution >= 0.6 is 11.3 Å². The molecular formula is C19H30N2O3S. The number of rotatable bonds is 6. The van der Waals surface area contributed by atoms with Crippen molar-refractivity contribution in [3.05, 3.63) is 21.9 Å². The Labute approximate surface area is 154 Å². The summed E-state index contributed by atoms with van der Waals surface area (Å²) in [6, 6.07) is 5.01. The van der Waals surface area contributed by atoms with E-state index in [-0.39, 0.29) is 12.5 Å². The molecule has 1 aromatic heterocycles. The normalized spacial score (nSPS) is 22.9. The Kier molecular flexibility index (Phi) is 6.87. The predicted molar refractivity (Wildman–Crippen MR) is 99.9 cm³/mol. The number of carbonyl (C=O) groups excluding carboxylic acids is 1. The van der Waals surface area contributed by atoms with Crippen molar-refractivity contribution in [3.63, 3.8) is 0 Å². The van der Waals surface area contributed by atoms with Crippen LogP contribution in [0.2, 0.25) is 0 Å². The van der Waals surface area contributed by atoms with Crippen molar-refractivity contribution in [1.29, 1.82) is 0 Å². The average Bonchev–Trinajstić information content (AvgIpc) is 3.01. The molecule has 2 saturated heterocycles. The molecule has 0 spiro atoms. The number of aryl methyl sites for hydroxylation is 1. The van der Waals surface area contributed by atoms with Gasteiger partial charge in [0.1, 0.15) is 6.61 Å². The summed E-state index contributed by atoms with van der Waals surface area (Å²) in [6.07, 6.45) is 4.12. The summed E-state index contributed by atoms with van der Waals surface area (Å²) >= 11 is 1.87. The first-order chi connectivity index (χ1) is 12.2. The topological polar surface area (TPSA) is 42.0 Å². The van der Waals surface area contributed by atoms with Gasteiger partial charge in [0.2, 0.25) is 5.91 Å². The third-order valence-corrected chi connectivity index (χ3v) is 6.17. The van der Waals surface area contributed by atoms with E-state index >= 15 is 0 Å². The molecule has 25 heavy (non-hydrogen) atoms. The van der Waals surface area contributed by atoms with Crippen LogP contribution in [0.4, 0.5) is 0 Å². The minimum absolute atomic E-state index is 0.133. The maximum Gasteiger partial charge on any atom is 0.249 e. The second-order valence-electron chi connectivity index (χ2n) is 7.12. The van der Waals surface area contributed by atoms with Crippen LogP contribution in [0.15, 0.2) is 12.1 Å². The molecule has 2 aliphatic heterocycles. The number of hydrogen-bond acceptors (Lipinski definition) is 5. The first-order valence-electron chi connectivity index (χ1n) is 9.33. The zero-order valence-electron chi connectivity index (χ0n) is 15.4. The van der Waals surface area contributed by atoms with Gasteiger partial charge in [0.25, 0.3) is 0 Å². The Bertz CT molecular complexity index is 557. The molecule has 0 saturated carbocycles. The lowest BCUT2D eigenvalue weighted by atomic mass is 9.98. The Morgan fingerprint density at radius 3 is 2.80 bits per heavy atom. The van der Waals surface area contributed by atoms with Crippen LogP contribution in [-0.4, -0.2) is 67.8 Å². The van der Waals surface area contributed by atoms with Crippen LogP contribution in [0, 0.1) is 6.92 Å². The molecule has 1 unspecified atom stereocenters. The van der Waals surface area contributed by atoms with E-state index in [2.05, 4.69) is 28.9 Å². The van der Waals surface area contributed by atoms with Gasteiger partial charge in [-0.15, -0.1) is 11.3 Å². The molecule has 3 rings (SSSR count). The fourth-order valence-corrected chi connectivity index (χ4v) is 4.99. The number of ether oxygens (including phenoxy) is 2.